The maximum Gasteiger partial charge on any atom is 0.419 e. The van der Waals surface area contributed by atoms with Crippen LogP contribution in [0.1, 0.15) is 6.42 Å². The number of carbonyl (C=O) groups is 1. The number of nitrogens with zero attached hydrogens (tertiary/aromatic N) is 5. The first kappa shape index (κ1) is 18.9. The number of anilines is 1. The lowest BCUT2D eigenvalue weighted by atomic mass is 10.2. The predicted octanol–water partition coefficient (Wildman–Crippen LogP) is 1.78. The first-order valence-corrected chi connectivity index (χ1v) is 9.36. The van der Waals surface area contributed by atoms with Crippen LogP contribution in [-0.2, 0) is 11.3 Å². The summed E-state index contributed by atoms with van der Waals surface area (Å²) in [5.74, 6) is -0.203. The number of benzene rings is 1. The molecule has 1 fully saturated rings. The highest BCUT2D eigenvalue weighted by Gasteiger charge is 2.21. The van der Waals surface area contributed by atoms with Crippen molar-refractivity contribution in [2.45, 2.75) is 13.0 Å². The molecule has 0 atom stereocenters. The molecule has 3 aromatic rings. The van der Waals surface area contributed by atoms with Gasteiger partial charge in [0.1, 0.15) is 12.4 Å². The van der Waals surface area contributed by atoms with E-state index in [2.05, 4.69) is 9.97 Å². The molecule has 1 saturated heterocycles. The Morgan fingerprint density at radius 2 is 1.83 bits per heavy atom. The summed E-state index contributed by atoms with van der Waals surface area (Å²) < 4.78 is 19.5. The van der Waals surface area contributed by atoms with Crippen molar-refractivity contribution in [3.05, 3.63) is 65.3 Å². The zero-order chi connectivity index (χ0) is 20.2. The van der Waals surface area contributed by atoms with Gasteiger partial charge in [-0.1, -0.05) is 0 Å². The van der Waals surface area contributed by atoms with Crippen LogP contribution in [-0.4, -0.2) is 51.5 Å². The van der Waals surface area contributed by atoms with Crippen molar-refractivity contribution in [1.29, 1.82) is 0 Å². The quantitative estimate of drug-likeness (QED) is 0.667. The van der Waals surface area contributed by atoms with Crippen LogP contribution < -0.4 is 10.7 Å². The molecule has 150 valence electrons. The average molecular weight is 397 g/mol. The van der Waals surface area contributed by atoms with Gasteiger partial charge in [-0.25, -0.2) is 19.2 Å². The van der Waals surface area contributed by atoms with E-state index in [0.717, 1.165) is 13.0 Å². The minimum Gasteiger partial charge on any atom is -0.408 e. The molecule has 0 radical (unpaired) electrons. The number of halogens is 1. The van der Waals surface area contributed by atoms with Crippen LogP contribution in [0.5, 0.6) is 0 Å². The minimum absolute atomic E-state index is 0.106. The molecule has 0 unspecified atom stereocenters. The lowest BCUT2D eigenvalue weighted by Crippen LogP contribution is -2.38. The molecule has 29 heavy (non-hydrogen) atoms. The highest BCUT2D eigenvalue weighted by molar-refractivity contribution is 5.76. The first-order chi connectivity index (χ1) is 14.1. The van der Waals surface area contributed by atoms with Crippen molar-refractivity contribution in [2.24, 2.45) is 0 Å². The number of oxazole rings is 1. The van der Waals surface area contributed by atoms with Crippen LogP contribution in [0.25, 0.3) is 11.3 Å². The zero-order valence-electron chi connectivity index (χ0n) is 15.7. The molecule has 9 heteroatoms. The fourth-order valence-electron chi connectivity index (χ4n) is 3.30. The lowest BCUT2D eigenvalue weighted by Gasteiger charge is -2.22. The van der Waals surface area contributed by atoms with E-state index in [4.69, 9.17) is 4.42 Å². The first-order valence-electron chi connectivity index (χ1n) is 9.36. The Morgan fingerprint density at radius 3 is 2.59 bits per heavy atom. The molecule has 0 spiro atoms. The average Bonchev–Trinajstić information content (AvgIpc) is 2.94. The largest absolute Gasteiger partial charge is 0.419 e. The Labute approximate surface area is 166 Å². The molecule has 0 aliphatic carbocycles. The van der Waals surface area contributed by atoms with Gasteiger partial charge in [0, 0.05) is 44.1 Å². The summed E-state index contributed by atoms with van der Waals surface area (Å²) >= 11 is 0. The summed E-state index contributed by atoms with van der Waals surface area (Å²) in [5, 5.41) is 0. The molecule has 1 amide bonds. The highest BCUT2D eigenvalue weighted by atomic mass is 19.1. The number of hydrogen-bond donors (Lipinski definition) is 0. The van der Waals surface area contributed by atoms with Gasteiger partial charge >= 0.3 is 5.76 Å². The van der Waals surface area contributed by atoms with Crippen molar-refractivity contribution in [1.82, 2.24) is 19.4 Å². The second kappa shape index (κ2) is 8.26. The number of carbonyl (C=O) groups excluding carboxylic acids is 1. The van der Waals surface area contributed by atoms with E-state index in [-0.39, 0.29) is 18.3 Å². The SMILES string of the molecule is O=C(Cn1cc(-c2ccc(F)cc2)oc1=O)N1CCCN(c2ncccn2)CC1. The van der Waals surface area contributed by atoms with Gasteiger partial charge in [0.15, 0.2) is 5.76 Å². The minimum atomic E-state index is -0.619. The summed E-state index contributed by atoms with van der Waals surface area (Å²) in [6, 6.07) is 7.39. The molecule has 3 heterocycles. The molecule has 0 N–H and O–H groups in total. The standard InChI is InChI=1S/C20H20FN5O3/c21-16-5-3-15(4-6-16)17-13-26(20(28)29-17)14-18(27)24-9-2-10-25(12-11-24)19-22-7-1-8-23-19/h1,3-8,13H,2,9-12,14H2. The molecular weight excluding hydrogens is 377 g/mol. The van der Waals surface area contributed by atoms with Crippen molar-refractivity contribution in [3.63, 3.8) is 0 Å². The van der Waals surface area contributed by atoms with Gasteiger partial charge in [-0.15, -0.1) is 0 Å². The van der Waals surface area contributed by atoms with E-state index < -0.39 is 5.76 Å². The smallest absolute Gasteiger partial charge is 0.408 e. The third-order valence-electron chi connectivity index (χ3n) is 4.82. The maximum absolute atomic E-state index is 13.1. The monoisotopic (exact) mass is 397 g/mol. The Bertz CT molecular complexity index is 1030. The third kappa shape index (κ3) is 4.34. The van der Waals surface area contributed by atoms with E-state index in [1.807, 2.05) is 4.90 Å². The topological polar surface area (TPSA) is 84.5 Å². The van der Waals surface area contributed by atoms with Gasteiger partial charge in [-0.3, -0.25) is 9.36 Å². The number of aromatic nitrogens is 3. The van der Waals surface area contributed by atoms with E-state index in [1.165, 1.54) is 35.0 Å². The summed E-state index contributed by atoms with van der Waals surface area (Å²) in [7, 11) is 0. The van der Waals surface area contributed by atoms with Crippen molar-refractivity contribution in [3.8, 4) is 11.3 Å². The van der Waals surface area contributed by atoms with Crippen LogP contribution in [0.2, 0.25) is 0 Å². The molecule has 1 aromatic carbocycles. The van der Waals surface area contributed by atoms with Crippen LogP contribution in [0.3, 0.4) is 0 Å². The summed E-state index contributed by atoms with van der Waals surface area (Å²) in [6.45, 7) is 2.39. The molecule has 2 aromatic heterocycles. The van der Waals surface area contributed by atoms with Crippen molar-refractivity contribution < 1.29 is 13.6 Å². The fraction of sp³-hybridized carbons (Fsp3) is 0.300. The van der Waals surface area contributed by atoms with Crippen LogP contribution in [0, 0.1) is 5.82 Å². The number of hydrogen-bond acceptors (Lipinski definition) is 6. The molecule has 4 rings (SSSR count). The van der Waals surface area contributed by atoms with Gasteiger partial charge in [0.2, 0.25) is 11.9 Å². The zero-order valence-corrected chi connectivity index (χ0v) is 15.7. The molecule has 0 bridgehead atoms. The van der Waals surface area contributed by atoms with Crippen LogP contribution in [0.4, 0.5) is 10.3 Å². The van der Waals surface area contributed by atoms with Crippen LogP contribution >= 0.6 is 0 Å². The molecular formula is C20H20FN5O3. The number of rotatable bonds is 4. The van der Waals surface area contributed by atoms with Gasteiger partial charge in [-0.2, -0.15) is 0 Å². The molecule has 8 nitrogen and oxygen atoms in total. The summed E-state index contributed by atoms with van der Waals surface area (Å²) in [5.41, 5.74) is 0.572. The highest BCUT2D eigenvalue weighted by Crippen LogP contribution is 2.18. The Morgan fingerprint density at radius 1 is 1.07 bits per heavy atom. The second-order valence-electron chi connectivity index (χ2n) is 6.77. The normalized spacial score (nSPS) is 14.7. The molecule has 1 aliphatic heterocycles. The van der Waals surface area contributed by atoms with Crippen molar-refractivity contribution >= 4 is 11.9 Å². The van der Waals surface area contributed by atoms with Gasteiger partial charge in [0.25, 0.3) is 0 Å². The van der Waals surface area contributed by atoms with Gasteiger partial charge in [0.05, 0.1) is 6.20 Å². The van der Waals surface area contributed by atoms with E-state index in [9.17, 15) is 14.0 Å². The van der Waals surface area contributed by atoms with Crippen molar-refractivity contribution in [2.75, 3.05) is 31.1 Å². The third-order valence-corrected chi connectivity index (χ3v) is 4.82. The number of amides is 1. The predicted molar refractivity (Wildman–Crippen MR) is 104 cm³/mol. The second-order valence-corrected chi connectivity index (χ2v) is 6.77. The van der Waals surface area contributed by atoms with Crippen LogP contribution in [0.15, 0.2) is 58.1 Å². The summed E-state index contributed by atoms with van der Waals surface area (Å²) in [4.78, 5) is 37.2. The van der Waals surface area contributed by atoms with E-state index in [0.29, 0.717) is 36.9 Å². The molecule has 0 saturated carbocycles. The lowest BCUT2D eigenvalue weighted by molar-refractivity contribution is -0.131. The maximum atomic E-state index is 13.1. The van der Waals surface area contributed by atoms with E-state index in [1.54, 1.807) is 23.4 Å². The Kier molecular flexibility index (Phi) is 5.37. The Balaban J connectivity index is 1.42. The van der Waals surface area contributed by atoms with Gasteiger partial charge < -0.3 is 14.2 Å². The van der Waals surface area contributed by atoms with Gasteiger partial charge in [-0.05, 0) is 36.8 Å². The Hall–Kier alpha value is -3.49. The molecule has 1 aliphatic rings. The van der Waals surface area contributed by atoms with E-state index >= 15 is 0 Å². The fourth-order valence-corrected chi connectivity index (χ4v) is 3.30. The summed E-state index contributed by atoms with van der Waals surface area (Å²) in [6.07, 6.45) is 5.65.